The summed E-state index contributed by atoms with van der Waals surface area (Å²) in [4.78, 5) is 39.5. The van der Waals surface area contributed by atoms with Crippen molar-refractivity contribution < 1.29 is 9.53 Å². The third kappa shape index (κ3) is 2.45. The smallest absolute Gasteiger partial charge is 0.326 e. The van der Waals surface area contributed by atoms with E-state index < -0.39 is 23.3 Å². The Labute approximate surface area is 119 Å². The largest absolute Gasteiger partial charge is 0.480 e. The Bertz CT molecular complexity index is 796. The monoisotopic (exact) mass is 287 g/mol. The van der Waals surface area contributed by atoms with E-state index in [1.807, 2.05) is 18.2 Å². The van der Waals surface area contributed by atoms with E-state index in [0.29, 0.717) is 17.9 Å². The molecule has 0 spiro atoms. The van der Waals surface area contributed by atoms with Crippen LogP contribution in [0, 0.1) is 6.92 Å². The molecule has 1 aliphatic rings. The topological polar surface area (TPSA) is 104 Å². The van der Waals surface area contributed by atoms with Crippen LogP contribution >= 0.6 is 0 Å². The van der Waals surface area contributed by atoms with E-state index in [2.05, 4.69) is 15.3 Å². The molecular weight excluding hydrogens is 274 g/mol. The lowest BCUT2D eigenvalue weighted by molar-refractivity contribution is -0.122. The molecule has 1 atom stereocenters. The van der Waals surface area contributed by atoms with Crippen LogP contribution in [0.25, 0.3) is 0 Å². The van der Waals surface area contributed by atoms with Gasteiger partial charge < -0.3 is 15.0 Å². The van der Waals surface area contributed by atoms with Crippen molar-refractivity contribution in [3.05, 3.63) is 56.4 Å². The van der Waals surface area contributed by atoms with Gasteiger partial charge in [-0.15, -0.1) is 0 Å². The van der Waals surface area contributed by atoms with Crippen LogP contribution in [0.4, 0.5) is 5.69 Å². The summed E-state index contributed by atoms with van der Waals surface area (Å²) in [5.74, 6) is 0.247. The Morgan fingerprint density at radius 3 is 2.76 bits per heavy atom. The summed E-state index contributed by atoms with van der Waals surface area (Å²) >= 11 is 0. The van der Waals surface area contributed by atoms with E-state index in [4.69, 9.17) is 4.74 Å². The Hall–Kier alpha value is -2.83. The van der Waals surface area contributed by atoms with Crippen molar-refractivity contribution in [2.45, 2.75) is 19.4 Å². The van der Waals surface area contributed by atoms with Gasteiger partial charge in [-0.25, -0.2) is 4.79 Å². The maximum atomic E-state index is 12.2. The zero-order valence-corrected chi connectivity index (χ0v) is 11.2. The number of H-pyrrole nitrogens is 2. The number of hydrogen-bond acceptors (Lipinski definition) is 4. The lowest BCUT2D eigenvalue weighted by Gasteiger charge is -2.11. The molecule has 0 radical (unpaired) electrons. The molecule has 1 aliphatic heterocycles. The first kappa shape index (κ1) is 13.2. The van der Waals surface area contributed by atoms with Gasteiger partial charge in [0.15, 0.2) is 6.10 Å². The standard InChI is InChI=1S/C14H13N3O4/c1-7-11(13(19)17-14(20)15-7)16-12(18)10-6-8-4-2-3-5-9(8)21-10/h2-5,10H,6H2,1H3,(H,16,18)(H2,15,17,19,20)/t10-/m0/s1. The number of ether oxygens (including phenoxy) is 1. The maximum absolute atomic E-state index is 12.2. The first-order valence-corrected chi connectivity index (χ1v) is 6.43. The van der Waals surface area contributed by atoms with Gasteiger partial charge in [0, 0.05) is 12.1 Å². The van der Waals surface area contributed by atoms with Crippen LogP contribution in [-0.2, 0) is 11.2 Å². The van der Waals surface area contributed by atoms with E-state index >= 15 is 0 Å². The third-order valence-corrected chi connectivity index (χ3v) is 3.32. The van der Waals surface area contributed by atoms with Crippen LogP contribution in [-0.4, -0.2) is 22.0 Å². The SMILES string of the molecule is Cc1[nH]c(=O)[nH]c(=O)c1NC(=O)[C@@H]1Cc2ccccc2O1. The van der Waals surface area contributed by atoms with Gasteiger partial charge in [-0.3, -0.25) is 14.6 Å². The number of carbonyl (C=O) groups is 1. The second-order valence-corrected chi connectivity index (χ2v) is 4.82. The number of rotatable bonds is 2. The van der Waals surface area contributed by atoms with E-state index in [1.165, 1.54) is 6.92 Å². The van der Waals surface area contributed by atoms with Gasteiger partial charge in [-0.1, -0.05) is 18.2 Å². The molecule has 2 aromatic rings. The molecule has 1 aromatic carbocycles. The van der Waals surface area contributed by atoms with Gasteiger partial charge in [0.25, 0.3) is 11.5 Å². The molecule has 0 unspecified atom stereocenters. The highest BCUT2D eigenvalue weighted by molar-refractivity contribution is 5.95. The second kappa shape index (κ2) is 4.93. The van der Waals surface area contributed by atoms with E-state index in [1.54, 1.807) is 6.07 Å². The van der Waals surface area contributed by atoms with Crippen LogP contribution in [0.5, 0.6) is 5.75 Å². The first-order chi connectivity index (χ1) is 10.0. The average molecular weight is 287 g/mol. The van der Waals surface area contributed by atoms with Crippen molar-refractivity contribution in [3.8, 4) is 5.75 Å². The maximum Gasteiger partial charge on any atom is 0.326 e. The lowest BCUT2D eigenvalue weighted by Crippen LogP contribution is -2.35. The minimum atomic E-state index is -0.687. The van der Waals surface area contributed by atoms with Crippen LogP contribution in [0.2, 0.25) is 0 Å². The van der Waals surface area contributed by atoms with Crippen LogP contribution < -0.4 is 21.3 Å². The molecule has 7 nitrogen and oxygen atoms in total. The van der Waals surface area contributed by atoms with Gasteiger partial charge in [-0.05, 0) is 18.6 Å². The third-order valence-electron chi connectivity index (χ3n) is 3.32. The number of hydrogen-bond donors (Lipinski definition) is 3. The number of anilines is 1. The molecule has 2 heterocycles. The normalized spacial score (nSPS) is 16.1. The van der Waals surface area contributed by atoms with Crippen LogP contribution in [0.15, 0.2) is 33.9 Å². The summed E-state index contributed by atoms with van der Waals surface area (Å²) in [5, 5.41) is 2.50. The Kier molecular flexibility index (Phi) is 3.09. The summed E-state index contributed by atoms with van der Waals surface area (Å²) in [5.41, 5.74) is 0.0247. The van der Waals surface area contributed by atoms with Crippen molar-refractivity contribution in [2.75, 3.05) is 5.32 Å². The molecular formula is C14H13N3O4. The number of carbonyl (C=O) groups excluding carboxylic acids is 1. The molecule has 0 saturated carbocycles. The minimum Gasteiger partial charge on any atom is -0.480 e. The quantitative estimate of drug-likeness (QED) is 0.739. The van der Waals surface area contributed by atoms with Gasteiger partial charge in [0.2, 0.25) is 0 Å². The van der Waals surface area contributed by atoms with E-state index in [9.17, 15) is 14.4 Å². The predicted molar refractivity (Wildman–Crippen MR) is 75.6 cm³/mol. The zero-order valence-electron chi connectivity index (χ0n) is 11.2. The summed E-state index contributed by atoms with van der Waals surface area (Å²) < 4.78 is 5.55. The van der Waals surface area contributed by atoms with Gasteiger partial charge in [-0.2, -0.15) is 0 Å². The molecule has 0 aliphatic carbocycles. The van der Waals surface area contributed by atoms with Crippen LogP contribution in [0.1, 0.15) is 11.3 Å². The summed E-state index contributed by atoms with van der Waals surface area (Å²) in [7, 11) is 0. The van der Waals surface area contributed by atoms with Gasteiger partial charge in [0.05, 0.1) is 0 Å². The highest BCUT2D eigenvalue weighted by Gasteiger charge is 2.29. The molecule has 3 rings (SSSR count). The molecule has 1 amide bonds. The molecule has 21 heavy (non-hydrogen) atoms. The average Bonchev–Trinajstić information content (AvgIpc) is 2.86. The fourth-order valence-corrected chi connectivity index (χ4v) is 2.28. The van der Waals surface area contributed by atoms with Crippen LogP contribution in [0.3, 0.4) is 0 Å². The molecule has 7 heteroatoms. The van der Waals surface area contributed by atoms with E-state index in [-0.39, 0.29) is 5.69 Å². The van der Waals surface area contributed by atoms with Crippen molar-refractivity contribution in [2.24, 2.45) is 0 Å². The zero-order chi connectivity index (χ0) is 15.0. The number of aromatic amines is 2. The molecule has 0 fully saturated rings. The molecule has 0 saturated heterocycles. The summed E-state index contributed by atoms with van der Waals surface area (Å²) in [6.45, 7) is 1.54. The fraction of sp³-hybridized carbons (Fsp3) is 0.214. The van der Waals surface area contributed by atoms with E-state index in [0.717, 1.165) is 5.56 Å². The molecule has 1 aromatic heterocycles. The number of para-hydroxylation sites is 1. The Balaban J connectivity index is 1.80. The fourth-order valence-electron chi connectivity index (χ4n) is 2.28. The predicted octanol–water partition coefficient (Wildman–Crippen LogP) is 0.314. The Morgan fingerprint density at radius 2 is 2.05 bits per heavy atom. The number of aromatic nitrogens is 2. The van der Waals surface area contributed by atoms with Gasteiger partial charge >= 0.3 is 5.69 Å². The highest BCUT2D eigenvalue weighted by Crippen LogP contribution is 2.28. The van der Waals surface area contributed by atoms with Gasteiger partial charge in [0.1, 0.15) is 11.4 Å². The van der Waals surface area contributed by atoms with Crippen molar-refractivity contribution in [3.63, 3.8) is 0 Å². The van der Waals surface area contributed by atoms with Crippen molar-refractivity contribution >= 4 is 11.6 Å². The lowest BCUT2D eigenvalue weighted by atomic mass is 10.1. The van der Waals surface area contributed by atoms with Crippen molar-refractivity contribution in [1.82, 2.24) is 9.97 Å². The molecule has 108 valence electrons. The summed E-state index contributed by atoms with van der Waals surface area (Å²) in [6.07, 6.45) is -0.240. The number of benzene rings is 1. The molecule has 0 bridgehead atoms. The molecule has 3 N–H and O–H groups in total. The number of aryl methyl sites for hydroxylation is 1. The first-order valence-electron chi connectivity index (χ1n) is 6.43. The summed E-state index contributed by atoms with van der Waals surface area (Å²) in [6, 6.07) is 7.39. The number of nitrogens with one attached hydrogen (secondary N) is 3. The number of fused-ring (bicyclic) bond motifs is 1. The minimum absolute atomic E-state index is 0.0270. The number of amides is 1. The second-order valence-electron chi connectivity index (χ2n) is 4.82. The van der Waals surface area contributed by atoms with Crippen molar-refractivity contribution in [1.29, 1.82) is 0 Å². The Morgan fingerprint density at radius 1 is 1.29 bits per heavy atom. The highest BCUT2D eigenvalue weighted by atomic mass is 16.5.